The van der Waals surface area contributed by atoms with Crippen LogP contribution in [0, 0.1) is 22.7 Å². The highest BCUT2D eigenvalue weighted by Crippen LogP contribution is 2.17. The third kappa shape index (κ3) is 2.10. The fraction of sp³-hybridized carbons (Fsp3) is 0.200. The zero-order valence-electron chi connectivity index (χ0n) is 7.12. The van der Waals surface area contributed by atoms with Crippen molar-refractivity contribution in [2.24, 2.45) is 0 Å². The van der Waals surface area contributed by atoms with Gasteiger partial charge in [0, 0.05) is 6.42 Å². The van der Waals surface area contributed by atoms with Crippen LogP contribution in [0.4, 0.5) is 0 Å². The van der Waals surface area contributed by atoms with Crippen LogP contribution in [0.1, 0.15) is 6.42 Å². The van der Waals surface area contributed by atoms with Gasteiger partial charge in [0.1, 0.15) is 6.07 Å². The molecule has 0 fully saturated rings. The maximum Gasteiger partial charge on any atom is 0.100 e. The molecule has 0 bridgehead atoms. The SMILES string of the molecule is [B]CC1=CCC(C#N)=C(C#N)C=C1. The lowest BCUT2D eigenvalue weighted by Crippen LogP contribution is -1.81. The second-order valence-corrected chi connectivity index (χ2v) is 2.64. The first-order chi connectivity index (χ1) is 6.31. The normalized spacial score (nSPS) is 15.7. The van der Waals surface area contributed by atoms with E-state index in [1.165, 1.54) is 0 Å². The Hall–Kier alpha value is -1.74. The summed E-state index contributed by atoms with van der Waals surface area (Å²) < 4.78 is 0. The molecule has 0 amide bonds. The van der Waals surface area contributed by atoms with Crippen LogP contribution >= 0.6 is 0 Å². The molecular weight excluding hydrogens is 159 g/mol. The van der Waals surface area contributed by atoms with E-state index < -0.39 is 0 Å². The van der Waals surface area contributed by atoms with Crippen LogP contribution in [0.25, 0.3) is 0 Å². The minimum Gasteiger partial charge on any atom is -0.193 e. The van der Waals surface area contributed by atoms with Gasteiger partial charge in [-0.25, -0.2) is 0 Å². The largest absolute Gasteiger partial charge is 0.193 e. The molecule has 0 spiro atoms. The summed E-state index contributed by atoms with van der Waals surface area (Å²) in [7, 11) is 5.44. The molecule has 2 radical (unpaired) electrons. The maximum atomic E-state index is 8.72. The van der Waals surface area contributed by atoms with E-state index in [1.54, 1.807) is 12.2 Å². The summed E-state index contributed by atoms with van der Waals surface area (Å²) in [6, 6.07) is 4.00. The van der Waals surface area contributed by atoms with E-state index in [0.717, 1.165) is 5.57 Å². The smallest absolute Gasteiger partial charge is 0.100 e. The molecule has 0 aliphatic heterocycles. The van der Waals surface area contributed by atoms with E-state index in [2.05, 4.69) is 0 Å². The lowest BCUT2D eigenvalue weighted by molar-refractivity contribution is 1.24. The monoisotopic (exact) mass is 166 g/mol. The van der Waals surface area contributed by atoms with Crippen molar-refractivity contribution in [3.63, 3.8) is 0 Å². The van der Waals surface area contributed by atoms with Crippen molar-refractivity contribution in [1.82, 2.24) is 0 Å². The minimum absolute atomic E-state index is 0.433. The first kappa shape index (κ1) is 9.35. The number of nitriles is 2. The van der Waals surface area contributed by atoms with E-state index in [4.69, 9.17) is 18.4 Å². The Kier molecular flexibility index (Phi) is 3.12. The standard InChI is InChI=1S/C10H7BN2/c11-5-8-1-3-9(6-12)10(7-13)4-2-8/h1-3H,4-5H2. The van der Waals surface area contributed by atoms with E-state index in [-0.39, 0.29) is 0 Å². The lowest BCUT2D eigenvalue weighted by atomic mass is 9.96. The fourth-order valence-electron chi connectivity index (χ4n) is 1.06. The summed E-state index contributed by atoms with van der Waals surface area (Å²) in [4.78, 5) is 0. The van der Waals surface area contributed by atoms with Gasteiger partial charge in [-0.3, -0.25) is 0 Å². The quantitative estimate of drug-likeness (QED) is 0.557. The summed E-state index contributed by atoms with van der Waals surface area (Å²) in [5, 5.41) is 17.4. The van der Waals surface area contributed by atoms with Crippen molar-refractivity contribution in [3.8, 4) is 12.1 Å². The van der Waals surface area contributed by atoms with E-state index in [9.17, 15) is 0 Å². The Balaban J connectivity index is 3.03. The number of rotatable bonds is 1. The molecule has 0 saturated heterocycles. The Bertz CT molecular complexity index is 375. The van der Waals surface area contributed by atoms with Gasteiger partial charge >= 0.3 is 0 Å². The average Bonchev–Trinajstić information content (AvgIpc) is 2.38. The average molecular weight is 166 g/mol. The van der Waals surface area contributed by atoms with Crippen molar-refractivity contribution in [1.29, 1.82) is 10.5 Å². The molecule has 2 nitrogen and oxygen atoms in total. The fourth-order valence-corrected chi connectivity index (χ4v) is 1.06. The molecule has 0 aromatic heterocycles. The number of nitrogens with zero attached hydrogens (tertiary/aromatic N) is 2. The zero-order valence-corrected chi connectivity index (χ0v) is 7.12. The van der Waals surface area contributed by atoms with Crippen molar-refractivity contribution in [3.05, 3.63) is 34.9 Å². The van der Waals surface area contributed by atoms with E-state index in [1.807, 2.05) is 18.2 Å². The molecule has 0 atom stereocenters. The van der Waals surface area contributed by atoms with Gasteiger partial charge in [-0.2, -0.15) is 10.5 Å². The molecule has 3 heteroatoms. The van der Waals surface area contributed by atoms with Crippen LogP contribution in [-0.4, -0.2) is 7.85 Å². The lowest BCUT2D eigenvalue weighted by Gasteiger charge is -1.92. The molecule has 1 aliphatic carbocycles. The van der Waals surface area contributed by atoms with E-state index in [0.29, 0.717) is 23.9 Å². The topological polar surface area (TPSA) is 47.6 Å². The van der Waals surface area contributed by atoms with E-state index >= 15 is 0 Å². The van der Waals surface area contributed by atoms with Gasteiger partial charge in [0.05, 0.1) is 25.1 Å². The highest BCUT2D eigenvalue weighted by atomic mass is 14.3. The van der Waals surface area contributed by atoms with Crippen LogP contribution in [0.3, 0.4) is 0 Å². The third-order valence-electron chi connectivity index (χ3n) is 1.85. The van der Waals surface area contributed by atoms with Crippen LogP contribution < -0.4 is 0 Å². The maximum absolute atomic E-state index is 8.72. The number of hydrogen-bond donors (Lipinski definition) is 0. The summed E-state index contributed by atoms with van der Waals surface area (Å²) in [6.07, 6.45) is 6.24. The second-order valence-electron chi connectivity index (χ2n) is 2.64. The number of hydrogen-bond acceptors (Lipinski definition) is 2. The zero-order chi connectivity index (χ0) is 9.68. The first-order valence-electron chi connectivity index (χ1n) is 3.92. The molecule has 60 valence electrons. The van der Waals surface area contributed by atoms with Gasteiger partial charge in [-0.15, -0.1) is 0 Å². The molecular formula is C10H7BN2. The van der Waals surface area contributed by atoms with Gasteiger partial charge in [0.2, 0.25) is 0 Å². The number of allylic oxidation sites excluding steroid dienone is 6. The molecule has 0 aromatic rings. The van der Waals surface area contributed by atoms with Crippen molar-refractivity contribution in [2.75, 3.05) is 0 Å². The second kappa shape index (κ2) is 4.33. The van der Waals surface area contributed by atoms with Gasteiger partial charge in [0.15, 0.2) is 0 Å². The Morgan fingerprint density at radius 3 is 2.62 bits per heavy atom. The highest BCUT2D eigenvalue weighted by molar-refractivity contribution is 6.10. The van der Waals surface area contributed by atoms with Crippen LogP contribution in [0.5, 0.6) is 0 Å². The van der Waals surface area contributed by atoms with Crippen molar-refractivity contribution < 1.29 is 0 Å². The summed E-state index contributed by atoms with van der Waals surface area (Å²) in [6.45, 7) is 0. The minimum atomic E-state index is 0.433. The molecule has 0 unspecified atom stereocenters. The molecule has 13 heavy (non-hydrogen) atoms. The van der Waals surface area contributed by atoms with Crippen LogP contribution in [-0.2, 0) is 0 Å². The molecule has 1 rings (SSSR count). The van der Waals surface area contributed by atoms with Gasteiger partial charge < -0.3 is 0 Å². The molecule has 0 heterocycles. The predicted molar refractivity (Wildman–Crippen MR) is 50.7 cm³/mol. The Morgan fingerprint density at radius 1 is 1.31 bits per heavy atom. The van der Waals surface area contributed by atoms with Crippen LogP contribution in [0.2, 0.25) is 6.32 Å². The molecule has 0 N–H and O–H groups in total. The summed E-state index contributed by atoms with van der Waals surface area (Å²) in [5.74, 6) is 0. The van der Waals surface area contributed by atoms with Crippen molar-refractivity contribution in [2.45, 2.75) is 12.7 Å². The summed E-state index contributed by atoms with van der Waals surface area (Å²) in [5.41, 5.74) is 1.89. The highest BCUT2D eigenvalue weighted by Gasteiger charge is 2.05. The Labute approximate surface area is 78.9 Å². The van der Waals surface area contributed by atoms with Crippen LogP contribution in [0.15, 0.2) is 34.9 Å². The summed E-state index contributed by atoms with van der Waals surface area (Å²) >= 11 is 0. The predicted octanol–water partition coefficient (Wildman–Crippen LogP) is 1.80. The molecule has 0 saturated carbocycles. The van der Waals surface area contributed by atoms with Gasteiger partial charge in [0.25, 0.3) is 0 Å². The first-order valence-corrected chi connectivity index (χ1v) is 3.92. The molecule has 1 aliphatic rings. The van der Waals surface area contributed by atoms with Gasteiger partial charge in [-0.1, -0.05) is 24.0 Å². The van der Waals surface area contributed by atoms with Crippen molar-refractivity contribution >= 4 is 7.85 Å². The Morgan fingerprint density at radius 2 is 2.08 bits per heavy atom. The molecule has 0 aromatic carbocycles. The third-order valence-corrected chi connectivity index (χ3v) is 1.85. The van der Waals surface area contributed by atoms with Gasteiger partial charge in [-0.05, 0) is 6.08 Å².